The van der Waals surface area contributed by atoms with E-state index in [-0.39, 0.29) is 0 Å². The van der Waals surface area contributed by atoms with Crippen LogP contribution in [0.15, 0.2) is 18.5 Å². The van der Waals surface area contributed by atoms with Gasteiger partial charge in [0.2, 0.25) is 0 Å². The monoisotopic (exact) mass is 242 g/mol. The average molecular weight is 242 g/mol. The molecule has 6 heteroatoms. The Kier molecular flexibility index (Phi) is 2.10. The van der Waals surface area contributed by atoms with Gasteiger partial charge >= 0.3 is 0 Å². The van der Waals surface area contributed by atoms with E-state index in [1.807, 2.05) is 6.07 Å². The molecule has 1 saturated heterocycles. The first-order valence-electron chi connectivity index (χ1n) is 6.30. The Labute approximate surface area is 103 Å². The molecule has 0 aliphatic carbocycles. The molecular weight excluding hydrogens is 228 g/mol. The number of nitrogens with one attached hydrogen (secondary N) is 2. The standard InChI is InChI=1S/C12H14N6/c1-2-8(6-13-4-1)18-11-9-3-5-14-12(9)15-7-10(11)16-17-18/h3,5,7-8,13,17H,1-2,4,6H2. The van der Waals surface area contributed by atoms with E-state index >= 15 is 0 Å². The highest BCUT2D eigenvalue weighted by atomic mass is 15.4. The summed E-state index contributed by atoms with van der Waals surface area (Å²) in [6, 6.07) is 2.44. The van der Waals surface area contributed by atoms with Crippen molar-refractivity contribution in [1.29, 1.82) is 0 Å². The van der Waals surface area contributed by atoms with Gasteiger partial charge in [-0.2, -0.15) is 5.10 Å². The fourth-order valence-electron chi connectivity index (χ4n) is 2.75. The molecule has 1 aliphatic heterocycles. The van der Waals surface area contributed by atoms with Gasteiger partial charge in [0, 0.05) is 18.1 Å². The number of H-pyrrole nitrogens is 1. The van der Waals surface area contributed by atoms with E-state index in [9.17, 15) is 0 Å². The minimum atomic E-state index is 0.434. The molecule has 4 heterocycles. The first-order valence-corrected chi connectivity index (χ1v) is 6.30. The van der Waals surface area contributed by atoms with Gasteiger partial charge in [0.05, 0.1) is 17.8 Å². The van der Waals surface area contributed by atoms with Crippen LogP contribution in [0.25, 0.3) is 22.1 Å². The zero-order valence-corrected chi connectivity index (χ0v) is 9.93. The molecule has 1 unspecified atom stereocenters. The van der Waals surface area contributed by atoms with Crippen LogP contribution in [-0.4, -0.2) is 38.1 Å². The van der Waals surface area contributed by atoms with Gasteiger partial charge < -0.3 is 5.32 Å². The molecule has 1 atom stereocenters. The first kappa shape index (κ1) is 10.0. The van der Waals surface area contributed by atoms with E-state index in [1.54, 1.807) is 12.4 Å². The summed E-state index contributed by atoms with van der Waals surface area (Å²) in [5.74, 6) is 0. The Bertz CT molecular complexity index is 691. The number of fused-ring (bicyclic) bond motifs is 3. The predicted octanol–water partition coefficient (Wildman–Crippen LogP) is 1.23. The lowest BCUT2D eigenvalue weighted by Gasteiger charge is -2.24. The van der Waals surface area contributed by atoms with Crippen LogP contribution < -0.4 is 5.32 Å². The lowest BCUT2D eigenvalue weighted by Crippen LogP contribution is -2.32. The third kappa shape index (κ3) is 1.35. The highest BCUT2D eigenvalue weighted by Gasteiger charge is 2.19. The normalized spacial score (nSPS) is 20.8. The SMILES string of the molecule is c1cc2c(n1)ncc1n[nH]n(C3CCCNC3)c12. The molecule has 2 N–H and O–H groups in total. The first-order chi connectivity index (χ1) is 8.93. The summed E-state index contributed by atoms with van der Waals surface area (Å²) < 4.78 is 2.16. The van der Waals surface area contributed by atoms with Crippen molar-refractivity contribution in [3.63, 3.8) is 0 Å². The summed E-state index contributed by atoms with van der Waals surface area (Å²) in [6.07, 6.45) is 5.96. The summed E-state index contributed by atoms with van der Waals surface area (Å²) in [7, 11) is 0. The van der Waals surface area contributed by atoms with E-state index in [4.69, 9.17) is 0 Å². The molecule has 0 spiro atoms. The highest BCUT2D eigenvalue weighted by molar-refractivity contribution is 6.00. The second-order valence-electron chi connectivity index (χ2n) is 4.76. The van der Waals surface area contributed by atoms with Crippen LogP contribution in [0.1, 0.15) is 18.9 Å². The molecule has 0 bridgehead atoms. The Hall–Kier alpha value is -1.95. The number of aromatic amines is 1. The second kappa shape index (κ2) is 3.78. The van der Waals surface area contributed by atoms with Crippen LogP contribution in [0.2, 0.25) is 0 Å². The quantitative estimate of drug-likeness (QED) is 0.673. The van der Waals surface area contributed by atoms with Gasteiger partial charge in [0.1, 0.15) is 5.52 Å². The molecule has 3 aromatic heterocycles. The van der Waals surface area contributed by atoms with Gasteiger partial charge in [0.25, 0.3) is 0 Å². The lowest BCUT2D eigenvalue weighted by molar-refractivity contribution is 0.349. The highest BCUT2D eigenvalue weighted by Crippen LogP contribution is 2.25. The molecule has 3 aromatic rings. The number of nitrogens with zero attached hydrogens (tertiary/aromatic N) is 4. The summed E-state index contributed by atoms with van der Waals surface area (Å²) in [4.78, 5) is 8.56. The number of aromatic nitrogens is 5. The molecule has 0 radical (unpaired) electrons. The number of piperidine rings is 1. The van der Waals surface area contributed by atoms with Crippen LogP contribution in [0, 0.1) is 0 Å². The fourth-order valence-corrected chi connectivity index (χ4v) is 2.75. The van der Waals surface area contributed by atoms with Gasteiger partial charge in [-0.05, 0) is 25.5 Å². The summed E-state index contributed by atoms with van der Waals surface area (Å²) in [5, 5.41) is 12.0. The minimum Gasteiger partial charge on any atom is -0.315 e. The molecule has 18 heavy (non-hydrogen) atoms. The van der Waals surface area contributed by atoms with E-state index in [0.29, 0.717) is 6.04 Å². The van der Waals surface area contributed by atoms with Crippen LogP contribution in [0.4, 0.5) is 0 Å². The van der Waals surface area contributed by atoms with Crippen LogP contribution in [-0.2, 0) is 0 Å². The fraction of sp³-hybridized carbons (Fsp3) is 0.417. The Morgan fingerprint density at radius 3 is 3.22 bits per heavy atom. The van der Waals surface area contributed by atoms with Crippen LogP contribution in [0.3, 0.4) is 0 Å². The number of hydrogen-bond acceptors (Lipinski definition) is 4. The third-order valence-corrected chi connectivity index (χ3v) is 3.64. The van der Waals surface area contributed by atoms with Crippen molar-refractivity contribution in [2.24, 2.45) is 0 Å². The summed E-state index contributed by atoms with van der Waals surface area (Å²) in [5.41, 5.74) is 2.81. The second-order valence-corrected chi connectivity index (χ2v) is 4.76. The Morgan fingerprint density at radius 1 is 1.33 bits per heavy atom. The van der Waals surface area contributed by atoms with Crippen molar-refractivity contribution >= 4 is 22.1 Å². The zero-order chi connectivity index (χ0) is 11.9. The van der Waals surface area contributed by atoms with E-state index in [2.05, 4.69) is 30.3 Å². The van der Waals surface area contributed by atoms with Crippen molar-refractivity contribution in [2.75, 3.05) is 13.1 Å². The Balaban J connectivity index is 1.96. The minimum absolute atomic E-state index is 0.434. The molecule has 0 aromatic carbocycles. The van der Waals surface area contributed by atoms with Crippen molar-refractivity contribution < 1.29 is 0 Å². The molecule has 4 rings (SSSR count). The predicted molar refractivity (Wildman–Crippen MR) is 68.3 cm³/mol. The number of pyridine rings is 1. The van der Waals surface area contributed by atoms with Gasteiger partial charge in [-0.3, -0.25) is 4.68 Å². The number of hydrogen-bond donors (Lipinski definition) is 2. The average Bonchev–Trinajstić information content (AvgIpc) is 3.05. The molecule has 1 fully saturated rings. The van der Waals surface area contributed by atoms with Gasteiger partial charge in [-0.15, -0.1) is 0 Å². The van der Waals surface area contributed by atoms with Crippen LogP contribution in [0.5, 0.6) is 0 Å². The molecule has 92 valence electrons. The maximum atomic E-state index is 4.34. The van der Waals surface area contributed by atoms with Gasteiger partial charge in [-0.1, -0.05) is 0 Å². The van der Waals surface area contributed by atoms with E-state index in [1.165, 1.54) is 12.8 Å². The smallest absolute Gasteiger partial charge is 0.161 e. The maximum absolute atomic E-state index is 4.34. The molecule has 1 aliphatic rings. The molecular formula is C12H14N6. The Morgan fingerprint density at radius 2 is 2.33 bits per heavy atom. The van der Waals surface area contributed by atoms with Crippen LogP contribution >= 0.6 is 0 Å². The molecule has 0 saturated carbocycles. The van der Waals surface area contributed by atoms with Crippen molar-refractivity contribution in [3.05, 3.63) is 18.5 Å². The molecule has 6 nitrogen and oxygen atoms in total. The van der Waals surface area contributed by atoms with Gasteiger partial charge in [-0.25, -0.2) is 15.2 Å². The lowest BCUT2D eigenvalue weighted by atomic mass is 10.1. The van der Waals surface area contributed by atoms with Crippen molar-refractivity contribution in [1.82, 2.24) is 30.3 Å². The summed E-state index contributed by atoms with van der Waals surface area (Å²) in [6.45, 7) is 2.10. The van der Waals surface area contributed by atoms with E-state index < -0.39 is 0 Å². The van der Waals surface area contributed by atoms with Gasteiger partial charge in [0.15, 0.2) is 5.65 Å². The van der Waals surface area contributed by atoms with E-state index in [0.717, 1.165) is 35.2 Å². The number of rotatable bonds is 1. The summed E-state index contributed by atoms with van der Waals surface area (Å²) >= 11 is 0. The zero-order valence-electron chi connectivity index (χ0n) is 9.93. The van der Waals surface area contributed by atoms with Crippen molar-refractivity contribution in [3.8, 4) is 0 Å². The molecule has 0 amide bonds. The largest absolute Gasteiger partial charge is 0.315 e. The maximum Gasteiger partial charge on any atom is 0.161 e. The topological polar surface area (TPSA) is 71.4 Å². The third-order valence-electron chi connectivity index (χ3n) is 3.64. The van der Waals surface area contributed by atoms with Crippen molar-refractivity contribution in [2.45, 2.75) is 18.9 Å².